The summed E-state index contributed by atoms with van der Waals surface area (Å²) in [6.07, 6.45) is -2.01. The number of benzene rings is 1. The Kier molecular flexibility index (Phi) is 9.35. The third kappa shape index (κ3) is 7.60. The highest BCUT2D eigenvalue weighted by molar-refractivity contribution is 7.85. The fourth-order valence-electron chi connectivity index (χ4n) is 4.68. The Bertz CT molecular complexity index is 1650. The molecule has 4 aromatic rings. The molecule has 0 aliphatic carbocycles. The molecule has 1 aromatic carbocycles. The van der Waals surface area contributed by atoms with Crippen LogP contribution in [0.1, 0.15) is 36.1 Å². The van der Waals surface area contributed by atoms with Crippen molar-refractivity contribution in [1.82, 2.24) is 19.6 Å². The molecular weight excluding hydrogens is 645 g/mol. The summed E-state index contributed by atoms with van der Waals surface area (Å²) in [6.45, 7) is 0.903. The fraction of sp³-hybridized carbons (Fsp3) is 0.276. The molecule has 1 saturated heterocycles. The maximum absolute atomic E-state index is 14.4. The summed E-state index contributed by atoms with van der Waals surface area (Å²) in [4.78, 5) is 21.9. The quantitative estimate of drug-likeness (QED) is 0.186. The van der Waals surface area contributed by atoms with Crippen molar-refractivity contribution in [2.24, 2.45) is 0 Å². The number of anilines is 1. The number of thiophene rings is 1. The predicted octanol–water partition coefficient (Wildman–Crippen LogP) is 7.10. The number of hydrogen-bond acceptors (Lipinski definition) is 6. The van der Waals surface area contributed by atoms with E-state index in [9.17, 15) is 31.0 Å². The molecule has 1 aliphatic rings. The van der Waals surface area contributed by atoms with Crippen molar-refractivity contribution in [3.05, 3.63) is 94.1 Å². The Morgan fingerprint density at radius 3 is 2.57 bits per heavy atom. The lowest BCUT2D eigenvalue weighted by atomic mass is 10.1. The van der Waals surface area contributed by atoms with Crippen LogP contribution in [0.5, 0.6) is 0 Å². The molecule has 15 heteroatoms. The summed E-state index contributed by atoms with van der Waals surface area (Å²) in [6, 6.07) is 12.7. The van der Waals surface area contributed by atoms with Crippen molar-refractivity contribution >= 4 is 45.6 Å². The first kappa shape index (κ1) is 31.9. The van der Waals surface area contributed by atoms with E-state index < -0.39 is 53.6 Å². The van der Waals surface area contributed by atoms with Gasteiger partial charge in [0, 0.05) is 30.9 Å². The maximum atomic E-state index is 14.4. The monoisotopic (exact) mass is 669 g/mol. The van der Waals surface area contributed by atoms with Gasteiger partial charge in [-0.1, -0.05) is 29.8 Å². The van der Waals surface area contributed by atoms with Gasteiger partial charge < -0.3 is 10.6 Å². The standard InChI is InChI=1S/C29H25ClF5N5O2S2/c1-17(20-3-2-10-36-15-20)38-25-12-18(11-22(39-25)19-4-6-21(7-5-19)29(33,34)35)14-37-27(41)23-13-28(31,32)16-40(23)44(42)26-9-8-24(30)43-26/h2-12,15,17,23H,13-14,16H2,1H3,(H,37,41)(H,38,39)/t17?,23-,44?/m0/s1. The number of nitrogens with one attached hydrogen (secondary N) is 2. The fourth-order valence-corrected chi connectivity index (χ4v) is 7.56. The minimum Gasteiger partial charge on any atom is -0.363 e. The van der Waals surface area contributed by atoms with Crippen LogP contribution < -0.4 is 10.6 Å². The number of alkyl halides is 5. The van der Waals surface area contributed by atoms with Gasteiger partial charge in [-0.25, -0.2) is 22.3 Å². The van der Waals surface area contributed by atoms with Crippen LogP contribution in [0.4, 0.5) is 27.8 Å². The third-order valence-electron chi connectivity index (χ3n) is 6.87. The Morgan fingerprint density at radius 1 is 1.18 bits per heavy atom. The largest absolute Gasteiger partial charge is 0.416 e. The molecule has 1 aliphatic heterocycles. The zero-order valence-electron chi connectivity index (χ0n) is 22.9. The molecule has 4 heterocycles. The van der Waals surface area contributed by atoms with Crippen molar-refractivity contribution in [3.8, 4) is 11.3 Å². The first-order chi connectivity index (χ1) is 20.8. The van der Waals surface area contributed by atoms with Gasteiger partial charge in [-0.15, -0.1) is 11.3 Å². The van der Waals surface area contributed by atoms with Gasteiger partial charge in [0.25, 0.3) is 5.92 Å². The van der Waals surface area contributed by atoms with Crippen molar-refractivity contribution in [2.45, 2.75) is 48.3 Å². The van der Waals surface area contributed by atoms with Gasteiger partial charge in [-0.3, -0.25) is 9.78 Å². The molecule has 3 atom stereocenters. The lowest BCUT2D eigenvalue weighted by Gasteiger charge is -2.21. The van der Waals surface area contributed by atoms with Crippen molar-refractivity contribution in [2.75, 3.05) is 11.9 Å². The number of carbonyl (C=O) groups excluding carboxylic acids is 1. The average Bonchev–Trinajstić information content (AvgIpc) is 3.57. The van der Waals surface area contributed by atoms with Gasteiger partial charge in [-0.05, 0) is 60.5 Å². The number of halogens is 6. The number of carbonyl (C=O) groups is 1. The lowest BCUT2D eigenvalue weighted by Crippen LogP contribution is -2.43. The van der Waals surface area contributed by atoms with Crippen LogP contribution in [0.2, 0.25) is 4.34 Å². The number of aromatic nitrogens is 2. The smallest absolute Gasteiger partial charge is 0.363 e. The highest BCUT2D eigenvalue weighted by Crippen LogP contribution is 2.37. The Hall–Kier alpha value is -3.46. The van der Waals surface area contributed by atoms with Gasteiger partial charge in [0.1, 0.15) is 27.1 Å². The average molecular weight is 670 g/mol. The van der Waals surface area contributed by atoms with Crippen molar-refractivity contribution in [1.29, 1.82) is 0 Å². The molecule has 3 aromatic heterocycles. The molecule has 7 nitrogen and oxygen atoms in total. The van der Waals surface area contributed by atoms with E-state index in [1.54, 1.807) is 30.6 Å². The molecule has 0 spiro atoms. The summed E-state index contributed by atoms with van der Waals surface area (Å²) in [7, 11) is -2.03. The lowest BCUT2D eigenvalue weighted by molar-refractivity contribution is -0.137. The Morgan fingerprint density at radius 2 is 1.93 bits per heavy atom. The topological polar surface area (TPSA) is 87.2 Å². The van der Waals surface area contributed by atoms with Crippen LogP contribution in [-0.2, 0) is 28.5 Å². The van der Waals surface area contributed by atoms with Crippen molar-refractivity contribution in [3.63, 3.8) is 0 Å². The highest BCUT2D eigenvalue weighted by Gasteiger charge is 2.50. The van der Waals surface area contributed by atoms with E-state index in [2.05, 4.69) is 20.6 Å². The van der Waals surface area contributed by atoms with E-state index in [0.29, 0.717) is 27.0 Å². The SMILES string of the molecule is CC(Nc1cc(CNC(=O)[C@@H]2CC(F)(F)CN2S(=O)c2ccc(Cl)s2)cc(-c2ccc(C(F)(F)F)cc2)n1)c1cccnc1. The molecule has 0 saturated carbocycles. The summed E-state index contributed by atoms with van der Waals surface area (Å²) in [5.41, 5.74) is 1.28. The molecule has 232 valence electrons. The predicted molar refractivity (Wildman–Crippen MR) is 159 cm³/mol. The Labute approximate surface area is 261 Å². The molecule has 44 heavy (non-hydrogen) atoms. The van der Waals surface area contributed by atoms with Crippen LogP contribution in [0.25, 0.3) is 11.3 Å². The van der Waals surface area contributed by atoms with Crippen LogP contribution in [-0.4, -0.2) is 42.9 Å². The summed E-state index contributed by atoms with van der Waals surface area (Å²) < 4.78 is 82.9. The molecule has 0 radical (unpaired) electrons. The number of nitrogens with zero attached hydrogens (tertiary/aromatic N) is 3. The summed E-state index contributed by atoms with van der Waals surface area (Å²) >= 11 is 6.90. The second kappa shape index (κ2) is 12.9. The van der Waals surface area contributed by atoms with E-state index in [4.69, 9.17) is 11.6 Å². The van der Waals surface area contributed by atoms with Crippen LogP contribution in [0.15, 0.2) is 77.3 Å². The zero-order valence-corrected chi connectivity index (χ0v) is 25.3. The first-order valence-corrected chi connectivity index (χ1v) is 15.5. The number of pyridine rings is 2. The third-order valence-corrected chi connectivity index (χ3v) is 9.87. The van der Waals surface area contributed by atoms with E-state index in [0.717, 1.165) is 33.3 Å². The first-order valence-electron chi connectivity index (χ1n) is 13.2. The van der Waals surface area contributed by atoms with Gasteiger partial charge in [0.05, 0.1) is 28.2 Å². The van der Waals surface area contributed by atoms with E-state index in [1.807, 2.05) is 13.0 Å². The minimum atomic E-state index is -4.51. The number of hydrogen-bond donors (Lipinski definition) is 2. The minimum absolute atomic E-state index is 0.113. The Balaban J connectivity index is 1.39. The van der Waals surface area contributed by atoms with Gasteiger partial charge >= 0.3 is 6.18 Å². The van der Waals surface area contributed by atoms with Gasteiger partial charge in [0.15, 0.2) is 0 Å². The molecule has 1 fully saturated rings. The van der Waals surface area contributed by atoms with E-state index in [1.165, 1.54) is 24.3 Å². The van der Waals surface area contributed by atoms with Crippen LogP contribution >= 0.6 is 22.9 Å². The molecule has 0 bridgehead atoms. The molecule has 1 amide bonds. The normalized spacial score (nSPS) is 18.1. The van der Waals surface area contributed by atoms with Gasteiger partial charge in [0.2, 0.25) is 5.91 Å². The highest BCUT2D eigenvalue weighted by atomic mass is 35.5. The molecule has 5 rings (SSSR count). The van der Waals surface area contributed by atoms with Crippen molar-refractivity contribution < 1.29 is 31.0 Å². The van der Waals surface area contributed by atoms with Gasteiger partial charge in [-0.2, -0.15) is 13.2 Å². The second-order valence-corrected chi connectivity index (χ2v) is 13.5. The van der Waals surface area contributed by atoms with E-state index in [-0.39, 0.29) is 16.8 Å². The van der Waals surface area contributed by atoms with Crippen LogP contribution in [0.3, 0.4) is 0 Å². The maximum Gasteiger partial charge on any atom is 0.416 e. The van der Waals surface area contributed by atoms with E-state index >= 15 is 0 Å². The molecular formula is C29H25ClF5N5O2S2. The number of amides is 1. The number of rotatable bonds is 9. The summed E-state index contributed by atoms with van der Waals surface area (Å²) in [5, 5.41) is 5.89. The zero-order chi connectivity index (χ0) is 31.6. The second-order valence-electron chi connectivity index (χ2n) is 10.1. The summed E-state index contributed by atoms with van der Waals surface area (Å²) in [5.74, 6) is -3.61. The molecule has 2 unspecified atom stereocenters. The van der Waals surface area contributed by atoms with Crippen LogP contribution in [0, 0.1) is 0 Å². The molecule has 2 N–H and O–H groups in total.